The summed E-state index contributed by atoms with van der Waals surface area (Å²) in [5.74, 6) is -1.23. The quantitative estimate of drug-likeness (QED) is 0.459. The van der Waals surface area contributed by atoms with Crippen molar-refractivity contribution in [3.8, 4) is 11.1 Å². The molecule has 7 nitrogen and oxygen atoms in total. The van der Waals surface area contributed by atoms with E-state index < -0.39 is 12.1 Å². The van der Waals surface area contributed by atoms with Gasteiger partial charge >= 0.3 is 12.1 Å². The Hall–Kier alpha value is -3.35. The Morgan fingerprint density at radius 1 is 1.03 bits per heavy atom. The van der Waals surface area contributed by atoms with Gasteiger partial charge in [0.1, 0.15) is 6.61 Å². The maximum atomic E-state index is 12.9. The Labute approximate surface area is 206 Å². The van der Waals surface area contributed by atoms with Gasteiger partial charge in [-0.15, -0.1) is 0 Å². The highest BCUT2D eigenvalue weighted by Crippen LogP contribution is 2.44. The number of carbonyl (C=O) groups excluding carboxylic acids is 2. The van der Waals surface area contributed by atoms with E-state index in [1.165, 1.54) is 11.1 Å². The van der Waals surface area contributed by atoms with Crippen LogP contribution in [0.5, 0.6) is 0 Å². The number of rotatable bonds is 10. The molecule has 2 aromatic carbocycles. The molecule has 1 saturated carbocycles. The number of alkyl carbamates (subject to hydrolysis) is 1. The van der Waals surface area contributed by atoms with E-state index >= 15 is 0 Å². The molecule has 35 heavy (non-hydrogen) atoms. The van der Waals surface area contributed by atoms with Crippen molar-refractivity contribution in [2.75, 3.05) is 13.2 Å². The van der Waals surface area contributed by atoms with Gasteiger partial charge in [0.05, 0.1) is 6.42 Å². The molecule has 3 unspecified atom stereocenters. The van der Waals surface area contributed by atoms with Crippen molar-refractivity contribution >= 4 is 18.0 Å². The first-order valence-corrected chi connectivity index (χ1v) is 12.6. The van der Waals surface area contributed by atoms with E-state index in [0.717, 1.165) is 36.8 Å². The highest BCUT2D eigenvalue weighted by Gasteiger charge is 2.34. The lowest BCUT2D eigenvalue weighted by atomic mass is 9.94. The molecular weight excluding hydrogens is 444 g/mol. The van der Waals surface area contributed by atoms with Crippen molar-refractivity contribution in [1.82, 2.24) is 10.6 Å². The van der Waals surface area contributed by atoms with Crippen molar-refractivity contribution in [2.24, 2.45) is 11.8 Å². The third kappa shape index (κ3) is 5.84. The van der Waals surface area contributed by atoms with Crippen LogP contribution in [0, 0.1) is 11.8 Å². The summed E-state index contributed by atoms with van der Waals surface area (Å²) in [6, 6.07) is 16.1. The van der Waals surface area contributed by atoms with Gasteiger partial charge in [0.15, 0.2) is 0 Å². The number of carbonyl (C=O) groups is 3. The topological polar surface area (TPSA) is 105 Å². The van der Waals surface area contributed by atoms with Crippen LogP contribution in [0.4, 0.5) is 4.79 Å². The van der Waals surface area contributed by atoms with Crippen molar-refractivity contribution in [1.29, 1.82) is 0 Å². The molecule has 0 saturated heterocycles. The second-order valence-corrected chi connectivity index (χ2v) is 9.60. The molecule has 1 fully saturated rings. The highest BCUT2D eigenvalue weighted by molar-refractivity contribution is 5.81. The molecule has 0 heterocycles. The number of carboxylic acid groups (broad SMARTS) is 1. The first-order chi connectivity index (χ1) is 17.0. The maximum Gasteiger partial charge on any atom is 0.407 e. The SMILES string of the molecule is CCCC(CC(=O)O)NC(=O)C1CCCC1CNC(=O)OCC1c2ccccc2-c2ccccc21. The number of amides is 2. The van der Waals surface area contributed by atoms with Gasteiger partial charge in [-0.05, 0) is 47.4 Å². The molecule has 0 spiro atoms. The van der Waals surface area contributed by atoms with E-state index in [-0.39, 0.29) is 42.7 Å². The van der Waals surface area contributed by atoms with Crippen LogP contribution in [0.25, 0.3) is 11.1 Å². The highest BCUT2D eigenvalue weighted by atomic mass is 16.5. The van der Waals surface area contributed by atoms with Crippen molar-refractivity contribution < 1.29 is 24.2 Å². The number of carboxylic acids is 1. The number of benzene rings is 2. The molecule has 2 amide bonds. The normalized spacial score (nSPS) is 19.5. The predicted molar refractivity (Wildman–Crippen MR) is 133 cm³/mol. The summed E-state index contributed by atoms with van der Waals surface area (Å²) in [6.45, 7) is 2.59. The van der Waals surface area contributed by atoms with Gasteiger partial charge in [0.25, 0.3) is 0 Å². The summed E-state index contributed by atoms with van der Waals surface area (Å²) in [6.07, 6.45) is 3.38. The van der Waals surface area contributed by atoms with Gasteiger partial charge in [0.2, 0.25) is 5.91 Å². The van der Waals surface area contributed by atoms with Crippen LogP contribution in [0.3, 0.4) is 0 Å². The summed E-state index contributed by atoms with van der Waals surface area (Å²) in [5.41, 5.74) is 4.69. The fourth-order valence-electron chi connectivity index (χ4n) is 5.58. The van der Waals surface area contributed by atoms with Crippen molar-refractivity contribution in [2.45, 2.75) is 57.4 Å². The van der Waals surface area contributed by atoms with Gasteiger partial charge in [0, 0.05) is 24.4 Å². The predicted octanol–water partition coefficient (Wildman–Crippen LogP) is 4.70. The monoisotopic (exact) mass is 478 g/mol. The van der Waals surface area contributed by atoms with E-state index in [9.17, 15) is 14.4 Å². The molecule has 0 radical (unpaired) electrons. The number of aliphatic carboxylic acids is 1. The lowest BCUT2D eigenvalue weighted by Crippen LogP contribution is -2.43. The van der Waals surface area contributed by atoms with Crippen molar-refractivity contribution in [3.05, 3.63) is 59.7 Å². The van der Waals surface area contributed by atoms with Crippen LogP contribution < -0.4 is 10.6 Å². The number of nitrogens with one attached hydrogen (secondary N) is 2. The first kappa shape index (κ1) is 24.8. The summed E-state index contributed by atoms with van der Waals surface area (Å²) < 4.78 is 5.62. The first-order valence-electron chi connectivity index (χ1n) is 12.6. The Morgan fingerprint density at radius 2 is 1.69 bits per heavy atom. The lowest BCUT2D eigenvalue weighted by molar-refractivity contribution is -0.138. The van der Waals surface area contributed by atoms with Gasteiger partial charge < -0.3 is 20.5 Å². The van der Waals surface area contributed by atoms with Gasteiger partial charge in [-0.3, -0.25) is 9.59 Å². The Kier molecular flexibility index (Phi) is 8.06. The summed E-state index contributed by atoms with van der Waals surface area (Å²) in [7, 11) is 0. The van der Waals surface area contributed by atoms with Crippen LogP contribution in [0.15, 0.2) is 48.5 Å². The molecule has 2 aliphatic rings. The number of hydrogen-bond donors (Lipinski definition) is 3. The van der Waals surface area contributed by atoms with Crippen LogP contribution in [0.2, 0.25) is 0 Å². The van der Waals surface area contributed by atoms with Gasteiger partial charge in [-0.1, -0.05) is 68.3 Å². The van der Waals surface area contributed by atoms with Crippen LogP contribution in [-0.4, -0.2) is 42.3 Å². The Balaban J connectivity index is 1.29. The molecule has 186 valence electrons. The largest absolute Gasteiger partial charge is 0.481 e. The third-order valence-electron chi connectivity index (χ3n) is 7.25. The van der Waals surface area contributed by atoms with Gasteiger partial charge in [-0.25, -0.2) is 4.79 Å². The smallest absolute Gasteiger partial charge is 0.407 e. The fourth-order valence-corrected chi connectivity index (χ4v) is 5.58. The molecule has 0 bridgehead atoms. The minimum atomic E-state index is -0.913. The van der Waals surface area contributed by atoms with E-state index in [1.807, 2.05) is 31.2 Å². The van der Waals surface area contributed by atoms with E-state index in [2.05, 4.69) is 34.9 Å². The molecule has 3 atom stereocenters. The standard InChI is InChI=1S/C28H34N2O5/c1-2-8-19(15-26(31)32)30-27(33)20-14-7-9-18(20)16-29-28(34)35-17-25-23-12-5-3-10-21(23)22-11-4-6-13-24(22)25/h3-6,10-13,18-20,25H,2,7-9,14-17H2,1H3,(H,29,34)(H,30,33)(H,31,32). The molecule has 4 rings (SSSR count). The third-order valence-corrected chi connectivity index (χ3v) is 7.25. The van der Waals surface area contributed by atoms with E-state index in [4.69, 9.17) is 9.84 Å². The summed E-state index contributed by atoms with van der Waals surface area (Å²) >= 11 is 0. The molecule has 0 aromatic heterocycles. The Bertz CT molecular complexity index is 1020. The van der Waals surface area contributed by atoms with Crippen molar-refractivity contribution in [3.63, 3.8) is 0 Å². The summed E-state index contributed by atoms with van der Waals surface area (Å²) in [4.78, 5) is 36.5. The average molecular weight is 479 g/mol. The van der Waals surface area contributed by atoms with Gasteiger partial charge in [-0.2, -0.15) is 0 Å². The summed E-state index contributed by atoms with van der Waals surface area (Å²) in [5, 5.41) is 14.9. The molecule has 7 heteroatoms. The average Bonchev–Trinajstić information content (AvgIpc) is 3.44. The fraction of sp³-hybridized carbons (Fsp3) is 0.464. The zero-order valence-electron chi connectivity index (χ0n) is 20.2. The minimum Gasteiger partial charge on any atom is -0.481 e. The van der Waals surface area contributed by atoms with E-state index in [0.29, 0.717) is 13.0 Å². The van der Waals surface area contributed by atoms with Crippen LogP contribution in [-0.2, 0) is 14.3 Å². The molecule has 3 N–H and O–H groups in total. The zero-order valence-corrected chi connectivity index (χ0v) is 20.2. The molecular formula is C28H34N2O5. The second kappa shape index (κ2) is 11.4. The minimum absolute atomic E-state index is 0.00268. The molecule has 2 aliphatic carbocycles. The zero-order chi connectivity index (χ0) is 24.8. The van der Waals surface area contributed by atoms with Crippen LogP contribution in [0.1, 0.15) is 62.5 Å². The van der Waals surface area contributed by atoms with Crippen LogP contribution >= 0.6 is 0 Å². The Morgan fingerprint density at radius 3 is 2.31 bits per heavy atom. The number of fused-ring (bicyclic) bond motifs is 3. The maximum absolute atomic E-state index is 12.9. The lowest BCUT2D eigenvalue weighted by Gasteiger charge is -2.23. The molecule has 2 aromatic rings. The number of ether oxygens (including phenoxy) is 1. The second-order valence-electron chi connectivity index (χ2n) is 9.60. The molecule has 0 aliphatic heterocycles. The van der Waals surface area contributed by atoms with E-state index in [1.54, 1.807) is 0 Å². The number of hydrogen-bond acceptors (Lipinski definition) is 4.